The van der Waals surface area contributed by atoms with Gasteiger partial charge in [0.05, 0.1) is 6.10 Å². The molecule has 0 aromatic heterocycles. The summed E-state index contributed by atoms with van der Waals surface area (Å²) in [4.78, 5) is 0. The molecule has 1 aliphatic rings. The molecule has 1 radical (unpaired) electrons. The summed E-state index contributed by atoms with van der Waals surface area (Å²) in [6.45, 7) is 1.97. The van der Waals surface area contributed by atoms with Crippen LogP contribution >= 0.6 is 11.8 Å². The number of hydrogen-bond acceptors (Lipinski definition) is 5. The molecule has 0 aromatic rings. The van der Waals surface area contributed by atoms with Gasteiger partial charge in [0.1, 0.15) is 23.7 Å². The van der Waals surface area contributed by atoms with Crippen LogP contribution in [-0.4, -0.2) is 51.2 Å². The normalized spacial score (nSPS) is 41.8. The molecule has 1 saturated heterocycles. The van der Waals surface area contributed by atoms with Crippen LogP contribution in [0.25, 0.3) is 0 Å². The lowest BCUT2D eigenvalue weighted by molar-refractivity contribution is -0.216. The maximum absolute atomic E-state index is 5.75. The predicted octanol–water partition coefficient (Wildman–Crippen LogP) is 1.30. The number of rotatable bonds is 4. The van der Waals surface area contributed by atoms with Crippen molar-refractivity contribution in [3.8, 4) is 0 Å². The average molecular weight is 235 g/mol. The second-order valence-electron chi connectivity index (χ2n) is 3.48. The molecular weight excluding hydrogens is 216 g/mol. The lowest BCUT2D eigenvalue weighted by Crippen LogP contribution is -2.57. The third-order valence-corrected chi connectivity index (χ3v) is 3.42. The van der Waals surface area contributed by atoms with Crippen molar-refractivity contribution in [2.45, 2.75) is 36.8 Å². The molecule has 1 rings (SSSR count). The third-order valence-electron chi connectivity index (χ3n) is 2.71. The van der Waals surface area contributed by atoms with Gasteiger partial charge >= 0.3 is 0 Å². The first-order chi connectivity index (χ1) is 7.19. The molecule has 1 aliphatic heterocycles. The zero-order valence-electron chi connectivity index (χ0n) is 9.64. The van der Waals surface area contributed by atoms with E-state index in [0.29, 0.717) is 0 Å². The van der Waals surface area contributed by atoms with E-state index in [1.807, 2.05) is 6.92 Å². The first kappa shape index (κ1) is 13.3. The zero-order chi connectivity index (χ0) is 11.4. The van der Waals surface area contributed by atoms with Crippen molar-refractivity contribution in [1.29, 1.82) is 0 Å². The van der Waals surface area contributed by atoms with Gasteiger partial charge in [0, 0.05) is 27.6 Å². The van der Waals surface area contributed by atoms with Gasteiger partial charge in [0.25, 0.3) is 0 Å². The third kappa shape index (κ3) is 2.65. The smallest absolute Gasteiger partial charge is 0.132 e. The minimum absolute atomic E-state index is 0.0226. The lowest BCUT2D eigenvalue weighted by Gasteiger charge is -2.43. The maximum Gasteiger partial charge on any atom is 0.132 e. The predicted molar refractivity (Wildman–Crippen MR) is 59.7 cm³/mol. The highest BCUT2D eigenvalue weighted by atomic mass is 32.2. The Kier molecular flexibility index (Phi) is 5.35. The topological polar surface area (TPSA) is 36.9 Å². The number of hydrogen-bond donors (Lipinski definition) is 0. The van der Waals surface area contributed by atoms with Gasteiger partial charge in [-0.05, 0) is 6.92 Å². The molecule has 0 spiro atoms. The largest absolute Gasteiger partial charge is 0.376 e. The van der Waals surface area contributed by atoms with Crippen LogP contribution in [0.15, 0.2) is 0 Å². The van der Waals surface area contributed by atoms with E-state index in [4.69, 9.17) is 18.9 Å². The first-order valence-electron chi connectivity index (χ1n) is 4.84. The van der Waals surface area contributed by atoms with Gasteiger partial charge in [0.15, 0.2) is 0 Å². The van der Waals surface area contributed by atoms with E-state index in [1.165, 1.54) is 11.8 Å². The van der Waals surface area contributed by atoms with Gasteiger partial charge < -0.3 is 18.9 Å². The fourth-order valence-corrected chi connectivity index (χ4v) is 2.66. The summed E-state index contributed by atoms with van der Waals surface area (Å²) < 4.78 is 21.9. The highest BCUT2D eigenvalue weighted by Crippen LogP contribution is 2.31. The maximum atomic E-state index is 5.75. The summed E-state index contributed by atoms with van der Waals surface area (Å²) in [5.74, 6) is 0. The Balaban J connectivity index is 2.80. The van der Waals surface area contributed by atoms with Crippen molar-refractivity contribution in [3.63, 3.8) is 0 Å². The summed E-state index contributed by atoms with van der Waals surface area (Å²) in [5, 5.41) is 0. The van der Waals surface area contributed by atoms with Crippen LogP contribution in [0.1, 0.15) is 6.92 Å². The van der Waals surface area contributed by atoms with Gasteiger partial charge in [-0.15, -0.1) is 11.8 Å². The van der Waals surface area contributed by atoms with E-state index < -0.39 is 0 Å². The molecule has 0 aromatic carbocycles. The SMILES string of the molecule is [CH2]S[C@@H]1O[C@@H](C)[C@H](OC)[C@@H](OC)[C@H]1OC. The van der Waals surface area contributed by atoms with Gasteiger partial charge in [-0.25, -0.2) is 0 Å². The van der Waals surface area contributed by atoms with Crippen molar-refractivity contribution in [3.05, 3.63) is 6.26 Å². The van der Waals surface area contributed by atoms with E-state index in [0.717, 1.165) is 0 Å². The highest BCUT2D eigenvalue weighted by molar-refractivity contribution is 8.00. The fourth-order valence-electron chi connectivity index (χ4n) is 1.95. The Labute approximate surface area is 95.6 Å². The van der Waals surface area contributed by atoms with Crippen molar-refractivity contribution >= 4 is 11.8 Å². The number of ether oxygens (including phenoxy) is 4. The van der Waals surface area contributed by atoms with Crippen LogP contribution in [0, 0.1) is 6.26 Å². The molecule has 0 N–H and O–H groups in total. The number of methoxy groups -OCH3 is 3. The molecular formula is C10H19O4S. The molecule has 0 aliphatic carbocycles. The standard InChI is InChI=1S/C10H19O4S/c1-6-7(11-2)8(12-3)9(13-4)10(14-6)15-5/h6-10H,5H2,1-4H3/t6-,7-,8+,9+,10-/m0/s1. The average Bonchev–Trinajstić information content (AvgIpc) is 2.27. The number of thioether (sulfide) groups is 1. The summed E-state index contributed by atoms with van der Waals surface area (Å²) in [5.41, 5.74) is -0.110. The van der Waals surface area contributed by atoms with Crippen LogP contribution in [0.5, 0.6) is 0 Å². The monoisotopic (exact) mass is 235 g/mol. The molecule has 0 saturated carbocycles. The Morgan fingerprint density at radius 2 is 1.53 bits per heavy atom. The first-order valence-corrected chi connectivity index (χ1v) is 5.89. The summed E-state index contributed by atoms with van der Waals surface area (Å²) in [6, 6.07) is 0. The second kappa shape index (κ2) is 6.06. The van der Waals surface area contributed by atoms with Crippen LogP contribution in [-0.2, 0) is 18.9 Å². The van der Waals surface area contributed by atoms with Gasteiger partial charge in [-0.3, -0.25) is 0 Å². The second-order valence-corrected chi connectivity index (χ2v) is 4.28. The van der Waals surface area contributed by atoms with Gasteiger partial charge in [-0.1, -0.05) is 0 Å². The molecule has 5 heteroatoms. The van der Waals surface area contributed by atoms with Crippen molar-refractivity contribution < 1.29 is 18.9 Å². The lowest BCUT2D eigenvalue weighted by atomic mass is 10.0. The molecule has 0 bridgehead atoms. The Hall–Kier alpha value is 0.190. The highest BCUT2D eigenvalue weighted by Gasteiger charge is 2.44. The van der Waals surface area contributed by atoms with Crippen molar-refractivity contribution in [2.75, 3.05) is 21.3 Å². The molecule has 0 unspecified atom stereocenters. The molecule has 4 nitrogen and oxygen atoms in total. The van der Waals surface area contributed by atoms with Crippen LogP contribution in [0.4, 0.5) is 0 Å². The van der Waals surface area contributed by atoms with E-state index in [9.17, 15) is 0 Å². The Morgan fingerprint density at radius 3 is 1.93 bits per heavy atom. The summed E-state index contributed by atoms with van der Waals surface area (Å²) in [6.07, 6.45) is 3.37. The molecule has 5 atom stereocenters. The molecule has 1 fully saturated rings. The van der Waals surface area contributed by atoms with Gasteiger partial charge in [-0.2, -0.15) is 0 Å². The minimum atomic E-state index is -0.154. The van der Waals surface area contributed by atoms with E-state index in [1.54, 1.807) is 21.3 Å². The van der Waals surface area contributed by atoms with Crippen LogP contribution in [0.3, 0.4) is 0 Å². The molecule has 15 heavy (non-hydrogen) atoms. The fraction of sp³-hybridized carbons (Fsp3) is 0.900. The molecule has 1 heterocycles. The zero-order valence-corrected chi connectivity index (χ0v) is 10.5. The summed E-state index contributed by atoms with van der Waals surface area (Å²) >= 11 is 1.38. The van der Waals surface area contributed by atoms with E-state index in [2.05, 4.69) is 6.26 Å². The van der Waals surface area contributed by atoms with Crippen molar-refractivity contribution in [2.24, 2.45) is 0 Å². The van der Waals surface area contributed by atoms with Crippen molar-refractivity contribution in [1.82, 2.24) is 0 Å². The van der Waals surface area contributed by atoms with E-state index in [-0.39, 0.29) is 29.9 Å². The van der Waals surface area contributed by atoms with Crippen LogP contribution in [0.2, 0.25) is 0 Å². The molecule has 0 amide bonds. The Morgan fingerprint density at radius 1 is 1.00 bits per heavy atom. The van der Waals surface area contributed by atoms with Gasteiger partial charge in [0.2, 0.25) is 0 Å². The summed E-state index contributed by atoms with van der Waals surface area (Å²) in [7, 11) is 4.96. The van der Waals surface area contributed by atoms with E-state index >= 15 is 0 Å². The quantitative estimate of drug-likeness (QED) is 0.734. The minimum Gasteiger partial charge on any atom is -0.376 e. The molecule has 89 valence electrons. The Bertz CT molecular complexity index is 190. The van der Waals surface area contributed by atoms with Crippen LogP contribution < -0.4 is 0 Å².